The first-order valence-electron chi connectivity index (χ1n) is 6.55. The Hall–Kier alpha value is -1.47. The number of carbonyl (C=O) groups excluding carboxylic acids is 1. The van der Waals surface area contributed by atoms with E-state index in [9.17, 15) is 9.90 Å². The third kappa shape index (κ3) is 2.43. The molecule has 6 heteroatoms. The van der Waals surface area contributed by atoms with Gasteiger partial charge in [0, 0.05) is 12.7 Å². The lowest BCUT2D eigenvalue weighted by Crippen LogP contribution is -2.55. The van der Waals surface area contributed by atoms with Crippen LogP contribution < -0.4 is 5.32 Å². The fraction of sp³-hybridized carbons (Fsp3) is 0.500. The quantitative estimate of drug-likeness (QED) is 0.753. The average molecular weight is 279 g/mol. The molecule has 2 fully saturated rings. The number of aliphatic hydroxyl groups is 1. The van der Waals surface area contributed by atoms with Crippen molar-refractivity contribution in [3.05, 3.63) is 35.9 Å². The summed E-state index contributed by atoms with van der Waals surface area (Å²) in [4.78, 5) is 12.2. The second-order valence-electron chi connectivity index (χ2n) is 4.89. The predicted molar refractivity (Wildman–Crippen MR) is 69.1 cm³/mol. The zero-order valence-corrected chi connectivity index (χ0v) is 11.1. The molecule has 6 nitrogen and oxygen atoms in total. The van der Waals surface area contributed by atoms with E-state index < -0.39 is 12.4 Å². The third-order valence-electron chi connectivity index (χ3n) is 3.63. The van der Waals surface area contributed by atoms with Gasteiger partial charge in [0.1, 0.15) is 24.4 Å². The van der Waals surface area contributed by atoms with Gasteiger partial charge in [-0.15, -0.1) is 0 Å². The summed E-state index contributed by atoms with van der Waals surface area (Å²) in [5, 5.41) is 12.1. The van der Waals surface area contributed by atoms with Gasteiger partial charge >= 0.3 is 0 Å². The molecular weight excluding hydrogens is 262 g/mol. The van der Waals surface area contributed by atoms with E-state index in [0.717, 1.165) is 0 Å². The molecule has 2 aliphatic rings. The molecular formula is C14H17NO5. The lowest BCUT2D eigenvalue weighted by atomic mass is 10.0. The minimum Gasteiger partial charge on any atom is -0.394 e. The minimum absolute atomic E-state index is 0.125. The molecule has 5 atom stereocenters. The second-order valence-corrected chi connectivity index (χ2v) is 4.89. The van der Waals surface area contributed by atoms with Crippen LogP contribution in [-0.2, 0) is 14.2 Å². The number of benzene rings is 1. The maximum atomic E-state index is 12.2. The molecule has 2 heterocycles. The highest BCUT2D eigenvalue weighted by Crippen LogP contribution is 2.37. The van der Waals surface area contributed by atoms with Gasteiger partial charge in [-0.1, -0.05) is 18.2 Å². The Labute approximate surface area is 116 Å². The van der Waals surface area contributed by atoms with Crippen molar-refractivity contribution in [1.82, 2.24) is 5.32 Å². The van der Waals surface area contributed by atoms with E-state index in [1.165, 1.54) is 7.11 Å². The van der Waals surface area contributed by atoms with Gasteiger partial charge in [0.25, 0.3) is 5.91 Å². The lowest BCUT2D eigenvalue weighted by molar-refractivity contribution is -0.190. The Morgan fingerprint density at radius 2 is 2.05 bits per heavy atom. The fourth-order valence-electron chi connectivity index (χ4n) is 2.54. The molecule has 108 valence electrons. The summed E-state index contributed by atoms with van der Waals surface area (Å²) in [6.07, 6.45) is -1.36. The Kier molecular flexibility index (Phi) is 3.71. The number of ether oxygens (including phenoxy) is 3. The predicted octanol–water partition coefficient (Wildman–Crippen LogP) is -0.0840. The smallest absolute Gasteiger partial charge is 0.251 e. The number of nitrogens with one attached hydrogen (secondary N) is 1. The van der Waals surface area contributed by atoms with Crippen LogP contribution in [0.4, 0.5) is 0 Å². The molecule has 2 N–H and O–H groups in total. The SMILES string of the molecule is CO[C@@H]1O[C@H](CO)[C@H]2O[C@H]2[C@H]1NC(=O)c1ccccc1. The number of amides is 1. The van der Waals surface area contributed by atoms with E-state index >= 15 is 0 Å². The first kappa shape index (κ1) is 13.5. The topological polar surface area (TPSA) is 80.3 Å². The summed E-state index contributed by atoms with van der Waals surface area (Å²) in [6.45, 7) is -0.125. The third-order valence-corrected chi connectivity index (χ3v) is 3.63. The highest BCUT2D eigenvalue weighted by atomic mass is 16.7. The van der Waals surface area contributed by atoms with Gasteiger partial charge in [0.05, 0.1) is 6.61 Å². The van der Waals surface area contributed by atoms with E-state index in [1.54, 1.807) is 24.3 Å². The number of epoxide rings is 1. The van der Waals surface area contributed by atoms with Crippen LogP contribution in [0.25, 0.3) is 0 Å². The first-order valence-corrected chi connectivity index (χ1v) is 6.55. The average Bonchev–Trinajstić information content (AvgIpc) is 3.29. The Morgan fingerprint density at radius 3 is 2.70 bits per heavy atom. The number of hydrogen-bond donors (Lipinski definition) is 2. The van der Waals surface area contributed by atoms with Crippen LogP contribution >= 0.6 is 0 Å². The minimum atomic E-state index is -0.622. The van der Waals surface area contributed by atoms with Gasteiger partial charge in [-0.25, -0.2) is 0 Å². The van der Waals surface area contributed by atoms with Crippen LogP contribution in [0, 0.1) is 0 Å². The molecule has 0 saturated carbocycles. The van der Waals surface area contributed by atoms with Gasteiger partial charge in [-0.2, -0.15) is 0 Å². The zero-order valence-electron chi connectivity index (χ0n) is 11.1. The molecule has 0 radical (unpaired) electrons. The van der Waals surface area contributed by atoms with Crippen LogP contribution in [0.15, 0.2) is 30.3 Å². The summed E-state index contributed by atoms with van der Waals surface area (Å²) < 4.78 is 16.3. The lowest BCUT2D eigenvalue weighted by Gasteiger charge is -2.32. The molecule has 1 aromatic carbocycles. The van der Waals surface area contributed by atoms with Gasteiger partial charge in [-0.05, 0) is 12.1 Å². The van der Waals surface area contributed by atoms with Gasteiger partial charge in [0.15, 0.2) is 6.29 Å². The molecule has 0 spiro atoms. The molecule has 0 aromatic heterocycles. The van der Waals surface area contributed by atoms with E-state index in [2.05, 4.69) is 5.32 Å². The number of carbonyl (C=O) groups is 1. The largest absolute Gasteiger partial charge is 0.394 e. The van der Waals surface area contributed by atoms with Crippen molar-refractivity contribution >= 4 is 5.91 Å². The highest BCUT2D eigenvalue weighted by molar-refractivity contribution is 5.94. The zero-order chi connectivity index (χ0) is 14.1. The van der Waals surface area contributed by atoms with Crippen molar-refractivity contribution < 1.29 is 24.1 Å². The molecule has 0 bridgehead atoms. The normalized spacial score (nSPS) is 35.2. The number of aliphatic hydroxyl groups excluding tert-OH is 1. The summed E-state index contributed by atoms with van der Waals surface area (Å²) in [6, 6.07) is 8.56. The van der Waals surface area contributed by atoms with E-state index in [1.807, 2.05) is 6.07 Å². The van der Waals surface area contributed by atoms with Crippen molar-refractivity contribution in [3.8, 4) is 0 Å². The molecule has 3 rings (SSSR count). The van der Waals surface area contributed by atoms with Crippen molar-refractivity contribution in [2.45, 2.75) is 30.6 Å². The molecule has 0 unspecified atom stereocenters. The Bertz CT molecular complexity index is 480. The van der Waals surface area contributed by atoms with Crippen LogP contribution in [0.5, 0.6) is 0 Å². The summed E-state index contributed by atoms with van der Waals surface area (Å²) in [7, 11) is 1.50. The maximum Gasteiger partial charge on any atom is 0.251 e. The van der Waals surface area contributed by atoms with Crippen LogP contribution in [0.2, 0.25) is 0 Å². The molecule has 1 amide bonds. The van der Waals surface area contributed by atoms with E-state index in [4.69, 9.17) is 14.2 Å². The standard InChI is InChI=1S/C14H17NO5/c1-18-14-10(12-11(20-12)9(7-16)19-14)15-13(17)8-5-3-2-4-6-8/h2-6,9-12,14,16H,7H2,1H3,(H,15,17)/t9-,10-,11-,12+,14-/m1/s1. The van der Waals surface area contributed by atoms with Gasteiger partial charge in [0.2, 0.25) is 0 Å². The van der Waals surface area contributed by atoms with Gasteiger partial charge in [-0.3, -0.25) is 4.79 Å². The monoisotopic (exact) mass is 279 g/mol. The summed E-state index contributed by atoms with van der Waals surface area (Å²) in [5.41, 5.74) is 0.573. The number of methoxy groups -OCH3 is 1. The Morgan fingerprint density at radius 1 is 1.30 bits per heavy atom. The first-order chi connectivity index (χ1) is 9.74. The van der Waals surface area contributed by atoms with Crippen LogP contribution in [-0.4, -0.2) is 55.4 Å². The second kappa shape index (κ2) is 5.49. The Balaban J connectivity index is 1.69. The molecule has 2 saturated heterocycles. The van der Waals surface area contributed by atoms with Crippen LogP contribution in [0.1, 0.15) is 10.4 Å². The molecule has 2 aliphatic heterocycles. The highest BCUT2D eigenvalue weighted by Gasteiger charge is 2.58. The number of rotatable bonds is 4. The fourth-order valence-corrected chi connectivity index (χ4v) is 2.54. The van der Waals surface area contributed by atoms with Crippen molar-refractivity contribution in [3.63, 3.8) is 0 Å². The van der Waals surface area contributed by atoms with E-state index in [-0.39, 0.29) is 30.8 Å². The maximum absolute atomic E-state index is 12.2. The number of fused-ring (bicyclic) bond motifs is 1. The summed E-state index contributed by atoms with van der Waals surface area (Å²) in [5.74, 6) is -0.196. The van der Waals surface area contributed by atoms with E-state index in [0.29, 0.717) is 5.56 Å². The summed E-state index contributed by atoms with van der Waals surface area (Å²) >= 11 is 0. The van der Waals surface area contributed by atoms with Crippen molar-refractivity contribution in [1.29, 1.82) is 0 Å². The number of hydrogen-bond acceptors (Lipinski definition) is 5. The molecule has 1 aromatic rings. The van der Waals surface area contributed by atoms with Crippen molar-refractivity contribution in [2.75, 3.05) is 13.7 Å². The van der Waals surface area contributed by atoms with Gasteiger partial charge < -0.3 is 24.6 Å². The molecule has 20 heavy (non-hydrogen) atoms. The van der Waals surface area contributed by atoms with Crippen molar-refractivity contribution in [2.24, 2.45) is 0 Å². The van der Waals surface area contributed by atoms with Crippen LogP contribution in [0.3, 0.4) is 0 Å². The molecule has 0 aliphatic carbocycles.